The van der Waals surface area contributed by atoms with Gasteiger partial charge >= 0.3 is 42.6 Å². The minimum atomic E-state index is -5.08. The highest BCUT2D eigenvalue weighted by molar-refractivity contribution is 5.95. The summed E-state index contributed by atoms with van der Waals surface area (Å²) < 4.78 is 135. The Bertz CT molecular complexity index is 1810. The molecule has 0 amide bonds. The maximum Gasteiger partial charge on any atom is 0.490 e. The summed E-state index contributed by atoms with van der Waals surface area (Å²) in [6.07, 6.45) is -16.7. The number of carboxylic acids is 3. The smallest absolute Gasteiger partial charge is 0.475 e. The van der Waals surface area contributed by atoms with Crippen LogP contribution in [0.25, 0.3) is 22.0 Å². The Balaban J connectivity index is 0.000000379. The number of aryl methyl sites for hydroxylation is 1. The van der Waals surface area contributed by atoms with Crippen LogP contribution in [0.15, 0.2) is 60.9 Å². The minimum absolute atomic E-state index is 0.0402. The Morgan fingerprint density at radius 1 is 0.698 bits per heavy atom. The summed E-state index contributed by atoms with van der Waals surface area (Å²) in [4.78, 5) is 35.7. The molecule has 11 nitrogen and oxygen atoms in total. The van der Waals surface area contributed by atoms with E-state index in [2.05, 4.69) is 56.2 Å². The Labute approximate surface area is 289 Å². The van der Waals surface area contributed by atoms with Crippen LogP contribution < -0.4 is 9.80 Å². The molecule has 1 saturated heterocycles. The largest absolute Gasteiger partial charge is 0.490 e. The van der Waals surface area contributed by atoms with Gasteiger partial charge in [-0.3, -0.25) is 10.1 Å². The van der Waals surface area contributed by atoms with Gasteiger partial charge in [-0.1, -0.05) is 18.2 Å². The molecule has 0 bridgehead atoms. The third kappa shape index (κ3) is 13.1. The molecule has 0 atom stereocenters. The molecule has 3 heterocycles. The zero-order valence-electron chi connectivity index (χ0n) is 26.5. The van der Waals surface area contributed by atoms with Crippen molar-refractivity contribution in [1.82, 2.24) is 15.2 Å². The van der Waals surface area contributed by atoms with Crippen molar-refractivity contribution in [3.05, 3.63) is 72.2 Å². The molecule has 1 aliphatic rings. The molecule has 53 heavy (non-hydrogen) atoms. The summed E-state index contributed by atoms with van der Waals surface area (Å²) in [5.41, 5.74) is 3.78. The first-order chi connectivity index (χ1) is 24.2. The van der Waals surface area contributed by atoms with Gasteiger partial charge < -0.3 is 25.1 Å². The van der Waals surface area contributed by atoms with E-state index in [-0.39, 0.29) is 5.56 Å². The second-order valence-electron chi connectivity index (χ2n) is 10.4. The molecule has 0 unspecified atom stereocenters. The number of nitrogens with zero attached hydrogens (tertiary/aromatic N) is 4. The monoisotopic (exact) mass is 779 g/mol. The zero-order chi connectivity index (χ0) is 40.5. The van der Waals surface area contributed by atoms with Crippen LogP contribution in [-0.2, 0) is 20.6 Å². The van der Waals surface area contributed by atoms with Crippen molar-refractivity contribution in [2.24, 2.45) is 0 Å². The van der Waals surface area contributed by atoms with E-state index in [4.69, 9.17) is 29.7 Å². The number of piperazine rings is 1. The van der Waals surface area contributed by atoms with Crippen molar-refractivity contribution in [2.45, 2.75) is 31.6 Å². The molecule has 1 fully saturated rings. The third-order valence-electron chi connectivity index (χ3n) is 6.65. The summed E-state index contributed by atoms with van der Waals surface area (Å²) in [5.74, 6) is -8.27. The minimum Gasteiger partial charge on any atom is -0.475 e. The molecule has 0 spiro atoms. The molecule has 23 heteroatoms. The van der Waals surface area contributed by atoms with E-state index in [1.807, 2.05) is 6.07 Å². The topological polar surface area (TPSA) is 160 Å². The number of carboxylic acid groups (broad SMARTS) is 3. The number of benzene rings is 2. The molecule has 5 rings (SSSR count). The van der Waals surface area contributed by atoms with Gasteiger partial charge in [-0.05, 0) is 48.4 Å². The highest BCUT2D eigenvalue weighted by Gasteiger charge is 2.40. The molecule has 0 saturated carbocycles. The lowest BCUT2D eigenvalue weighted by atomic mass is 10.0. The van der Waals surface area contributed by atoms with Gasteiger partial charge in [0.1, 0.15) is 0 Å². The number of hydrogen-bond acceptors (Lipinski definition) is 7. The fourth-order valence-corrected chi connectivity index (χ4v) is 4.33. The van der Waals surface area contributed by atoms with Crippen molar-refractivity contribution < 1.29 is 82.4 Å². The lowest BCUT2D eigenvalue weighted by molar-refractivity contribution is -0.193. The molecular weight excluding hydrogens is 754 g/mol. The van der Waals surface area contributed by atoms with Gasteiger partial charge in [0, 0.05) is 60.9 Å². The summed E-state index contributed by atoms with van der Waals surface area (Å²) in [6, 6.07) is 15.6. The van der Waals surface area contributed by atoms with Gasteiger partial charge in [0.05, 0.1) is 5.52 Å². The van der Waals surface area contributed by atoms with Gasteiger partial charge in [0.15, 0.2) is 5.69 Å². The number of anilines is 2. The van der Waals surface area contributed by atoms with Crippen molar-refractivity contribution in [3.8, 4) is 11.1 Å². The van der Waals surface area contributed by atoms with Crippen LogP contribution in [0, 0.1) is 6.92 Å². The van der Waals surface area contributed by atoms with Gasteiger partial charge in [-0.2, -0.15) is 57.8 Å². The molecule has 2 aromatic carbocycles. The van der Waals surface area contributed by atoms with E-state index in [1.165, 1.54) is 17.4 Å². The molecule has 4 N–H and O–H groups in total. The predicted molar refractivity (Wildman–Crippen MR) is 161 cm³/mol. The number of nitrogens with one attached hydrogen (secondary N) is 1. The Kier molecular flexibility index (Phi) is 14.1. The molecule has 1 aliphatic heterocycles. The number of fused-ring (bicyclic) bond motifs is 1. The van der Waals surface area contributed by atoms with Crippen molar-refractivity contribution in [3.63, 3.8) is 0 Å². The maximum atomic E-state index is 13.3. The molecule has 4 aromatic rings. The number of rotatable bonds is 3. The molecule has 2 aromatic heterocycles. The molecular formula is C30H25F12N5O6. The number of alkyl halides is 12. The van der Waals surface area contributed by atoms with Gasteiger partial charge in [0.25, 0.3) is 0 Å². The summed E-state index contributed by atoms with van der Waals surface area (Å²) in [6.45, 7) is 5.46. The summed E-state index contributed by atoms with van der Waals surface area (Å²) >= 11 is 0. The fourth-order valence-electron chi connectivity index (χ4n) is 4.33. The molecule has 0 aliphatic carbocycles. The van der Waals surface area contributed by atoms with Crippen LogP contribution in [-0.4, -0.2) is 93.1 Å². The van der Waals surface area contributed by atoms with Crippen molar-refractivity contribution in [2.75, 3.05) is 36.0 Å². The van der Waals surface area contributed by atoms with Crippen molar-refractivity contribution in [1.29, 1.82) is 0 Å². The number of aromatic nitrogens is 3. The highest BCUT2D eigenvalue weighted by atomic mass is 19.4. The number of pyridine rings is 1. The lowest BCUT2D eigenvalue weighted by Crippen LogP contribution is -2.46. The standard InChI is InChI=1S/C24H22F3N5.3C2HF3O2/c1-16-3-2-4-18(13-16)31-9-11-32(12-10-31)22-7-8-28-21-6-5-17(14-19(21)22)20-15-29-30-23(20)24(25,26)27;3*3-2(4,5)1(6)7/h2-8,13-15H,9-12H2,1H3,(H,29,30);3*(H,6,7). The number of hydrogen-bond donors (Lipinski definition) is 4. The number of halogens is 12. The van der Waals surface area contributed by atoms with E-state index in [9.17, 15) is 52.7 Å². The van der Waals surface area contributed by atoms with Crippen LogP contribution in [0.2, 0.25) is 0 Å². The molecule has 290 valence electrons. The lowest BCUT2D eigenvalue weighted by Gasteiger charge is -2.38. The third-order valence-corrected chi connectivity index (χ3v) is 6.65. The van der Waals surface area contributed by atoms with E-state index in [1.54, 1.807) is 24.4 Å². The summed E-state index contributed by atoms with van der Waals surface area (Å²) in [7, 11) is 0. The fraction of sp³-hybridized carbons (Fsp3) is 0.300. The maximum absolute atomic E-state index is 13.3. The first-order valence-corrected chi connectivity index (χ1v) is 14.2. The van der Waals surface area contributed by atoms with E-state index in [0.29, 0.717) is 5.56 Å². The Morgan fingerprint density at radius 2 is 1.19 bits per heavy atom. The second-order valence-corrected chi connectivity index (χ2v) is 10.4. The van der Waals surface area contributed by atoms with Crippen LogP contribution in [0.5, 0.6) is 0 Å². The normalized spacial score (nSPS) is 13.5. The van der Waals surface area contributed by atoms with Crippen LogP contribution >= 0.6 is 0 Å². The van der Waals surface area contributed by atoms with Crippen LogP contribution in [0.4, 0.5) is 64.1 Å². The number of carbonyl (C=O) groups is 3. The van der Waals surface area contributed by atoms with Gasteiger partial charge in [0.2, 0.25) is 0 Å². The average Bonchev–Trinajstić information content (AvgIpc) is 3.55. The van der Waals surface area contributed by atoms with E-state index < -0.39 is 48.3 Å². The highest BCUT2D eigenvalue weighted by Crippen LogP contribution is 2.37. The SMILES string of the molecule is Cc1cccc(N2CCN(c3ccnc4ccc(-c5c[nH]nc5C(F)(F)F)cc34)CC2)c1.O=C(O)C(F)(F)F.O=C(O)C(F)(F)F.O=C(O)C(F)(F)F. The van der Waals surface area contributed by atoms with E-state index in [0.717, 1.165) is 42.8 Å². The average molecular weight is 780 g/mol. The first-order valence-electron chi connectivity index (χ1n) is 14.2. The van der Waals surface area contributed by atoms with E-state index >= 15 is 0 Å². The van der Waals surface area contributed by atoms with Gasteiger partial charge in [-0.15, -0.1) is 0 Å². The second kappa shape index (κ2) is 17.2. The van der Waals surface area contributed by atoms with Crippen LogP contribution in [0.3, 0.4) is 0 Å². The summed E-state index contributed by atoms with van der Waals surface area (Å²) in [5, 5.41) is 28.0. The Morgan fingerprint density at radius 3 is 1.64 bits per heavy atom. The van der Waals surface area contributed by atoms with Gasteiger partial charge in [-0.25, -0.2) is 14.4 Å². The number of H-pyrrole nitrogens is 1. The number of aliphatic carboxylic acids is 3. The zero-order valence-corrected chi connectivity index (χ0v) is 26.5. The molecule has 0 radical (unpaired) electrons. The van der Waals surface area contributed by atoms with Crippen LogP contribution in [0.1, 0.15) is 11.3 Å². The predicted octanol–water partition coefficient (Wildman–Crippen LogP) is 7.18. The Hall–Kier alpha value is -5.77. The van der Waals surface area contributed by atoms with Crippen molar-refractivity contribution >= 4 is 40.2 Å². The first kappa shape index (κ1) is 43.4. The number of aromatic amines is 1. The quantitative estimate of drug-likeness (QED) is 0.157.